The average molecular weight is 410 g/mol. The van der Waals surface area contributed by atoms with E-state index in [1.54, 1.807) is 6.66 Å². The van der Waals surface area contributed by atoms with E-state index in [1.807, 2.05) is 48.5 Å². The predicted molar refractivity (Wildman–Crippen MR) is 107 cm³/mol. The lowest BCUT2D eigenvalue weighted by atomic mass is 10.3. The number of ether oxygens (including phenoxy) is 4. The van der Waals surface area contributed by atoms with Gasteiger partial charge in [0.1, 0.15) is 13.2 Å². The largest absolute Gasteiger partial charge is 0.487 e. The van der Waals surface area contributed by atoms with Crippen LogP contribution in [0.1, 0.15) is 0 Å². The molecule has 0 aliphatic carbocycles. The lowest BCUT2D eigenvalue weighted by molar-refractivity contribution is 0.0272. The van der Waals surface area contributed by atoms with Crippen LogP contribution in [0.25, 0.3) is 0 Å². The van der Waals surface area contributed by atoms with Crippen LogP contribution in [0, 0.1) is 0 Å². The molecule has 6 nitrogen and oxygen atoms in total. The van der Waals surface area contributed by atoms with Gasteiger partial charge in [-0.15, -0.1) is 0 Å². The van der Waals surface area contributed by atoms with Crippen molar-refractivity contribution >= 4 is 18.3 Å². The Bertz CT molecular complexity index is 723. The average Bonchev–Trinajstić information content (AvgIpc) is 2.64. The zero-order valence-electron chi connectivity index (χ0n) is 15.2. The maximum absolute atomic E-state index is 6.02. The number of benzene rings is 2. The van der Waals surface area contributed by atoms with E-state index in [0.29, 0.717) is 62.6 Å². The molecular formula is C19H23O6PS. The molecule has 0 radical (unpaired) electrons. The Morgan fingerprint density at radius 2 is 1.00 bits per heavy atom. The standard InChI is InChI=1S/C19H23O6PS/c1-26(27)24-18-8-4-2-6-16(18)22-14-12-20-10-11-21-13-15-23-17-7-3-5-9-19(17)25-26/h2-9H,10-15H2,1H3. The van der Waals surface area contributed by atoms with Gasteiger partial charge < -0.3 is 28.0 Å². The highest BCUT2D eigenvalue weighted by molar-refractivity contribution is 8.09. The normalized spacial score (nSPS) is 18.3. The summed E-state index contributed by atoms with van der Waals surface area (Å²) in [7, 11) is 0. The Morgan fingerprint density at radius 1 is 0.630 bits per heavy atom. The molecule has 3 rings (SSSR count). The Kier molecular flexibility index (Phi) is 7.35. The highest BCUT2D eigenvalue weighted by Crippen LogP contribution is 2.49. The predicted octanol–water partition coefficient (Wildman–Crippen LogP) is 3.89. The summed E-state index contributed by atoms with van der Waals surface area (Å²) < 4.78 is 34.6. The molecule has 2 aromatic rings. The van der Waals surface area contributed by atoms with Gasteiger partial charge in [-0.1, -0.05) is 24.3 Å². The molecule has 1 aliphatic heterocycles. The first-order valence-corrected chi connectivity index (χ1v) is 11.8. The van der Waals surface area contributed by atoms with Crippen LogP contribution in [0.15, 0.2) is 48.5 Å². The number of rotatable bonds is 0. The van der Waals surface area contributed by atoms with E-state index >= 15 is 0 Å². The highest BCUT2D eigenvalue weighted by Gasteiger charge is 2.20. The summed E-state index contributed by atoms with van der Waals surface area (Å²) in [6, 6.07) is 14.8. The van der Waals surface area contributed by atoms with Crippen molar-refractivity contribution in [3.05, 3.63) is 48.5 Å². The zero-order valence-corrected chi connectivity index (χ0v) is 16.9. The molecule has 0 saturated heterocycles. The van der Waals surface area contributed by atoms with Crippen molar-refractivity contribution in [3.63, 3.8) is 0 Å². The van der Waals surface area contributed by atoms with Crippen LogP contribution < -0.4 is 18.5 Å². The second kappa shape index (κ2) is 9.95. The molecule has 1 heterocycles. The van der Waals surface area contributed by atoms with Gasteiger partial charge in [-0.2, -0.15) is 0 Å². The molecule has 0 amide bonds. The van der Waals surface area contributed by atoms with E-state index in [-0.39, 0.29) is 0 Å². The number of para-hydroxylation sites is 4. The monoisotopic (exact) mass is 410 g/mol. The summed E-state index contributed by atoms with van der Waals surface area (Å²) in [5, 5.41) is 0. The number of hydrogen-bond acceptors (Lipinski definition) is 7. The van der Waals surface area contributed by atoms with Crippen molar-refractivity contribution in [2.75, 3.05) is 46.3 Å². The fourth-order valence-corrected chi connectivity index (χ4v) is 3.94. The third-order valence-corrected chi connectivity index (χ3v) is 5.07. The topological polar surface area (TPSA) is 55.4 Å². The van der Waals surface area contributed by atoms with Crippen LogP contribution in [0.3, 0.4) is 0 Å². The summed E-state index contributed by atoms with van der Waals surface area (Å²) in [5.41, 5.74) is 0. The Morgan fingerprint density at radius 3 is 1.44 bits per heavy atom. The zero-order chi connectivity index (χ0) is 19.0. The Hall–Kier alpha value is -1.79. The highest BCUT2D eigenvalue weighted by atomic mass is 32.5. The van der Waals surface area contributed by atoms with E-state index < -0.39 is 6.49 Å². The second-order valence-corrected chi connectivity index (χ2v) is 9.67. The summed E-state index contributed by atoms with van der Waals surface area (Å²) >= 11 is 5.61. The molecule has 0 spiro atoms. The van der Waals surface area contributed by atoms with Gasteiger partial charge in [0.15, 0.2) is 23.0 Å². The van der Waals surface area contributed by atoms with E-state index in [4.69, 9.17) is 39.8 Å². The molecule has 27 heavy (non-hydrogen) atoms. The maximum Gasteiger partial charge on any atom is 0.285 e. The van der Waals surface area contributed by atoms with Gasteiger partial charge in [0, 0.05) is 6.66 Å². The van der Waals surface area contributed by atoms with Crippen LogP contribution in [0.4, 0.5) is 0 Å². The molecular weight excluding hydrogens is 387 g/mol. The van der Waals surface area contributed by atoms with Crippen molar-refractivity contribution in [1.82, 2.24) is 0 Å². The van der Waals surface area contributed by atoms with Crippen LogP contribution >= 0.6 is 6.49 Å². The van der Waals surface area contributed by atoms with Gasteiger partial charge in [-0.05, 0) is 36.1 Å². The lowest BCUT2D eigenvalue weighted by Gasteiger charge is -2.22. The lowest BCUT2D eigenvalue weighted by Crippen LogP contribution is -2.13. The maximum atomic E-state index is 6.02. The molecule has 146 valence electrons. The SMILES string of the molecule is CP1(=S)Oc2ccccc2OCCOCCOCCOc2ccccc2O1. The number of fused-ring (bicyclic) bond motifs is 2. The van der Waals surface area contributed by atoms with Crippen molar-refractivity contribution < 1.29 is 28.0 Å². The summed E-state index contributed by atoms with van der Waals surface area (Å²) in [6.45, 7) is 1.84. The third kappa shape index (κ3) is 6.40. The van der Waals surface area contributed by atoms with E-state index in [1.165, 1.54) is 0 Å². The van der Waals surface area contributed by atoms with Gasteiger partial charge in [-0.25, -0.2) is 0 Å². The molecule has 0 saturated carbocycles. The van der Waals surface area contributed by atoms with Gasteiger partial charge in [0.05, 0.1) is 26.4 Å². The van der Waals surface area contributed by atoms with Crippen molar-refractivity contribution in [1.29, 1.82) is 0 Å². The van der Waals surface area contributed by atoms with Crippen LogP contribution in [-0.4, -0.2) is 46.3 Å². The fourth-order valence-electron chi connectivity index (χ4n) is 2.41. The van der Waals surface area contributed by atoms with Crippen molar-refractivity contribution in [2.24, 2.45) is 0 Å². The van der Waals surface area contributed by atoms with Gasteiger partial charge in [0.2, 0.25) is 0 Å². The van der Waals surface area contributed by atoms with Gasteiger partial charge >= 0.3 is 0 Å². The fraction of sp³-hybridized carbons (Fsp3) is 0.368. The molecule has 0 unspecified atom stereocenters. The molecule has 2 aromatic carbocycles. The molecule has 8 heteroatoms. The van der Waals surface area contributed by atoms with E-state index in [0.717, 1.165) is 0 Å². The Balaban J connectivity index is 1.81. The van der Waals surface area contributed by atoms with E-state index in [2.05, 4.69) is 0 Å². The minimum absolute atomic E-state index is 0.403. The second-order valence-electron chi connectivity index (χ2n) is 5.77. The quantitative estimate of drug-likeness (QED) is 0.611. The summed E-state index contributed by atoms with van der Waals surface area (Å²) in [5.74, 6) is 2.31. The molecule has 0 aromatic heterocycles. The first-order chi connectivity index (χ1) is 13.1. The molecule has 0 atom stereocenters. The molecule has 0 N–H and O–H groups in total. The first-order valence-electron chi connectivity index (χ1n) is 8.70. The van der Waals surface area contributed by atoms with Crippen LogP contribution in [-0.2, 0) is 21.3 Å². The van der Waals surface area contributed by atoms with Crippen LogP contribution in [0.2, 0.25) is 0 Å². The van der Waals surface area contributed by atoms with Crippen molar-refractivity contribution in [3.8, 4) is 23.0 Å². The first kappa shape index (κ1) is 20.0. The van der Waals surface area contributed by atoms with Crippen molar-refractivity contribution in [2.45, 2.75) is 0 Å². The summed E-state index contributed by atoms with van der Waals surface area (Å²) in [4.78, 5) is 0. The molecule has 1 aliphatic rings. The smallest absolute Gasteiger partial charge is 0.285 e. The van der Waals surface area contributed by atoms with Gasteiger partial charge in [0.25, 0.3) is 6.49 Å². The summed E-state index contributed by atoms with van der Waals surface area (Å²) in [6.07, 6.45) is 0. The Labute approximate surface area is 164 Å². The van der Waals surface area contributed by atoms with Gasteiger partial charge in [-0.3, -0.25) is 0 Å². The third-order valence-electron chi connectivity index (χ3n) is 3.57. The van der Waals surface area contributed by atoms with E-state index in [9.17, 15) is 0 Å². The minimum Gasteiger partial charge on any atom is -0.487 e. The minimum atomic E-state index is -2.65. The van der Waals surface area contributed by atoms with Crippen LogP contribution in [0.5, 0.6) is 23.0 Å². The molecule has 0 bridgehead atoms. The molecule has 0 fully saturated rings. The number of hydrogen-bond donors (Lipinski definition) is 0.